The number of carbonyl (C=O) groups excluding carboxylic acids is 1. The number of alkyl halides is 3. The predicted octanol–water partition coefficient (Wildman–Crippen LogP) is 4.20. The minimum Gasteiger partial charge on any atom is -0.395 e. The predicted molar refractivity (Wildman–Crippen MR) is 106 cm³/mol. The first-order chi connectivity index (χ1) is 14.2. The summed E-state index contributed by atoms with van der Waals surface area (Å²) in [7, 11) is 1.22. The monoisotopic (exact) mass is 416 g/mol. The number of nitrogens with zero attached hydrogens (tertiary/aromatic N) is 2. The lowest BCUT2D eigenvalue weighted by molar-refractivity contribution is -0.0925. The Labute approximate surface area is 168 Å². The van der Waals surface area contributed by atoms with Crippen LogP contribution in [0, 0.1) is 5.82 Å². The molecule has 2 aromatic carbocycles. The fourth-order valence-electron chi connectivity index (χ4n) is 2.68. The van der Waals surface area contributed by atoms with Crippen molar-refractivity contribution >= 4 is 22.6 Å². The number of nitrogens with two attached hydrogens (primary N) is 1. The van der Waals surface area contributed by atoms with Crippen LogP contribution in [0.25, 0.3) is 22.0 Å². The lowest BCUT2D eigenvalue weighted by atomic mass is 10.0. The Balaban J connectivity index is 1.86. The molecule has 1 aromatic heterocycles. The van der Waals surface area contributed by atoms with E-state index in [4.69, 9.17) is 5.73 Å². The van der Waals surface area contributed by atoms with Crippen LogP contribution in [0.3, 0.4) is 0 Å². The Morgan fingerprint density at radius 1 is 1.17 bits per heavy atom. The summed E-state index contributed by atoms with van der Waals surface area (Å²) in [6, 6.07) is 12.6. The maximum absolute atomic E-state index is 14.0. The van der Waals surface area contributed by atoms with E-state index < -0.39 is 17.8 Å². The highest BCUT2D eigenvalue weighted by atomic mass is 19.4. The Morgan fingerprint density at radius 3 is 2.57 bits per heavy atom. The first-order valence-electron chi connectivity index (χ1n) is 8.66. The molecule has 1 amide bonds. The van der Waals surface area contributed by atoms with Gasteiger partial charge >= 0.3 is 6.18 Å². The quantitative estimate of drug-likeness (QED) is 0.381. The van der Waals surface area contributed by atoms with Crippen molar-refractivity contribution in [3.05, 3.63) is 77.9 Å². The molecule has 1 heterocycles. The molecule has 3 aromatic rings. The number of aliphatic imine (C=N–C) groups is 1. The van der Waals surface area contributed by atoms with Gasteiger partial charge in [-0.1, -0.05) is 24.3 Å². The van der Waals surface area contributed by atoms with Gasteiger partial charge in [-0.25, -0.2) is 4.39 Å². The third kappa shape index (κ3) is 4.62. The highest BCUT2D eigenvalue weighted by molar-refractivity contribution is 6.11. The summed E-state index contributed by atoms with van der Waals surface area (Å²) in [5.41, 5.74) is 5.16. The molecular weight excluding hydrogens is 400 g/mol. The van der Waals surface area contributed by atoms with Gasteiger partial charge in [-0.3, -0.25) is 14.8 Å². The summed E-state index contributed by atoms with van der Waals surface area (Å²) in [6.07, 6.45) is -2.71. The molecule has 0 aliphatic rings. The minimum atomic E-state index is -4.73. The van der Waals surface area contributed by atoms with Gasteiger partial charge in [0, 0.05) is 41.4 Å². The normalized spacial score (nSPS) is 12.8. The molecule has 0 fully saturated rings. The Bertz CT molecular complexity index is 1170. The van der Waals surface area contributed by atoms with Crippen molar-refractivity contribution in [1.29, 1.82) is 0 Å². The van der Waals surface area contributed by atoms with Crippen LogP contribution in [0.15, 0.2) is 71.5 Å². The van der Waals surface area contributed by atoms with Crippen molar-refractivity contribution in [3.8, 4) is 11.1 Å². The summed E-state index contributed by atoms with van der Waals surface area (Å²) in [5.74, 6) is -1.39. The van der Waals surface area contributed by atoms with Gasteiger partial charge < -0.3 is 11.1 Å². The molecule has 0 bridgehead atoms. The number of amidine groups is 1. The third-order valence-electron chi connectivity index (χ3n) is 4.23. The largest absolute Gasteiger partial charge is 0.430 e. The Kier molecular flexibility index (Phi) is 5.81. The summed E-state index contributed by atoms with van der Waals surface area (Å²) in [5, 5.41) is 2.94. The molecule has 3 N–H and O–H groups in total. The second-order valence-corrected chi connectivity index (χ2v) is 6.27. The van der Waals surface area contributed by atoms with Gasteiger partial charge in [-0.15, -0.1) is 0 Å². The van der Waals surface area contributed by atoms with Crippen LogP contribution in [0.2, 0.25) is 0 Å². The number of rotatable bonds is 3. The van der Waals surface area contributed by atoms with E-state index in [0.29, 0.717) is 28.1 Å². The first kappa shape index (κ1) is 21.0. The van der Waals surface area contributed by atoms with Crippen molar-refractivity contribution in [2.24, 2.45) is 10.7 Å². The van der Waals surface area contributed by atoms with E-state index in [0.717, 1.165) is 0 Å². The van der Waals surface area contributed by atoms with E-state index in [1.807, 2.05) is 0 Å². The molecule has 0 aliphatic carbocycles. The number of nitrogens with one attached hydrogen (secondary N) is 1. The number of amides is 1. The van der Waals surface area contributed by atoms with Crippen molar-refractivity contribution in [2.45, 2.75) is 6.18 Å². The second-order valence-electron chi connectivity index (χ2n) is 6.27. The van der Waals surface area contributed by atoms with Gasteiger partial charge in [-0.05, 0) is 24.3 Å². The Hall–Kier alpha value is -3.75. The van der Waals surface area contributed by atoms with Crippen molar-refractivity contribution in [2.75, 3.05) is 7.05 Å². The molecule has 3 rings (SSSR count). The van der Waals surface area contributed by atoms with E-state index in [1.54, 1.807) is 30.3 Å². The number of pyridine rings is 1. The van der Waals surface area contributed by atoms with Crippen LogP contribution >= 0.6 is 0 Å². The number of fused-ring (bicyclic) bond motifs is 1. The van der Waals surface area contributed by atoms with Crippen LogP contribution in [-0.4, -0.2) is 30.0 Å². The van der Waals surface area contributed by atoms with E-state index in [2.05, 4.69) is 15.3 Å². The summed E-state index contributed by atoms with van der Waals surface area (Å²) < 4.78 is 51.7. The van der Waals surface area contributed by atoms with E-state index in [1.165, 1.54) is 31.4 Å². The van der Waals surface area contributed by atoms with Crippen LogP contribution in [0.5, 0.6) is 0 Å². The number of carbonyl (C=O) groups is 1. The molecule has 5 nitrogen and oxygen atoms in total. The molecule has 0 saturated carbocycles. The maximum atomic E-state index is 14.0. The van der Waals surface area contributed by atoms with Gasteiger partial charge in [0.1, 0.15) is 17.3 Å². The molecule has 0 radical (unpaired) electrons. The smallest absolute Gasteiger partial charge is 0.395 e. The van der Waals surface area contributed by atoms with Crippen LogP contribution < -0.4 is 11.1 Å². The maximum Gasteiger partial charge on any atom is 0.430 e. The van der Waals surface area contributed by atoms with Crippen LogP contribution in [0.4, 0.5) is 17.6 Å². The number of aromatic nitrogens is 1. The van der Waals surface area contributed by atoms with Crippen molar-refractivity contribution in [1.82, 2.24) is 10.3 Å². The molecule has 30 heavy (non-hydrogen) atoms. The zero-order chi connectivity index (χ0) is 21.9. The van der Waals surface area contributed by atoms with Gasteiger partial charge in [-0.2, -0.15) is 13.2 Å². The van der Waals surface area contributed by atoms with Crippen molar-refractivity contribution < 1.29 is 22.4 Å². The fourth-order valence-corrected chi connectivity index (χ4v) is 2.68. The summed E-state index contributed by atoms with van der Waals surface area (Å²) >= 11 is 0. The lowest BCUT2D eigenvalue weighted by Gasteiger charge is -2.09. The van der Waals surface area contributed by atoms with Gasteiger partial charge in [0.25, 0.3) is 5.91 Å². The number of benzene rings is 2. The molecule has 0 atom stereocenters. The molecule has 9 heteroatoms. The number of hydrogen-bond donors (Lipinski definition) is 2. The average Bonchev–Trinajstić information content (AvgIpc) is 2.72. The molecule has 0 unspecified atom stereocenters. The standard InChI is InChI=1S/C21H16F4N4O/c1-27-19(10-18(26)21(23,24)25)29-20(30)13-7-6-12-8-14(11-28-17(12)9-13)15-4-2-3-5-16(15)22/h2-11H,26H2,1H3,(H,27,29,30). The zero-order valence-electron chi connectivity index (χ0n) is 15.7. The molecule has 0 saturated heterocycles. The molecule has 154 valence electrons. The van der Waals surface area contributed by atoms with Crippen LogP contribution in [-0.2, 0) is 0 Å². The minimum absolute atomic E-state index is 0.161. The molecule has 0 aliphatic heterocycles. The third-order valence-corrected chi connectivity index (χ3v) is 4.23. The van der Waals surface area contributed by atoms with Crippen LogP contribution in [0.1, 0.15) is 10.4 Å². The highest BCUT2D eigenvalue weighted by Crippen LogP contribution is 2.25. The SMILES string of the molecule is CN=C(C=C(N)C(F)(F)F)NC(=O)c1ccc2cc(-c3ccccc3F)cnc2c1. The van der Waals surface area contributed by atoms with Gasteiger partial charge in [0.2, 0.25) is 0 Å². The van der Waals surface area contributed by atoms with Gasteiger partial charge in [0.05, 0.1) is 5.52 Å². The van der Waals surface area contributed by atoms with E-state index in [-0.39, 0.29) is 17.2 Å². The van der Waals surface area contributed by atoms with E-state index >= 15 is 0 Å². The zero-order valence-corrected chi connectivity index (χ0v) is 15.7. The number of allylic oxidation sites excluding steroid dienone is 1. The van der Waals surface area contributed by atoms with E-state index in [9.17, 15) is 22.4 Å². The Morgan fingerprint density at radius 2 is 1.90 bits per heavy atom. The summed E-state index contributed by atoms with van der Waals surface area (Å²) in [6.45, 7) is 0. The van der Waals surface area contributed by atoms with Crippen molar-refractivity contribution in [3.63, 3.8) is 0 Å². The molecule has 0 spiro atoms. The number of halogens is 4. The summed E-state index contributed by atoms with van der Waals surface area (Å²) in [4.78, 5) is 20.3. The van der Waals surface area contributed by atoms with Gasteiger partial charge in [0.15, 0.2) is 0 Å². The fraction of sp³-hybridized carbons (Fsp3) is 0.0952. The topological polar surface area (TPSA) is 80.4 Å². The average molecular weight is 416 g/mol. The lowest BCUT2D eigenvalue weighted by Crippen LogP contribution is -2.31. The number of hydrogen-bond acceptors (Lipinski definition) is 4. The first-order valence-corrected chi connectivity index (χ1v) is 8.66. The second kappa shape index (κ2) is 8.32. The highest BCUT2D eigenvalue weighted by Gasteiger charge is 2.31. The molecular formula is C21H16F4N4O.